The standard InChI is InChI=1S/C19H18N4O5S/c1-26-14-9-16(28-3)15(27-2)7-11(14)10-20-23-18(24)13-8-12(21-19(25)22-13)17-5-4-6-29-17/h4-10H,1-3H3,(H,23,24)(H,21,22,25)/b20-10+. The quantitative estimate of drug-likeness (QED) is 0.453. The van der Waals surface area contributed by atoms with Crippen molar-refractivity contribution in [1.82, 2.24) is 15.4 Å². The Bertz CT molecular complexity index is 1090. The van der Waals surface area contributed by atoms with Crippen molar-refractivity contribution in [3.63, 3.8) is 0 Å². The molecule has 3 aromatic rings. The summed E-state index contributed by atoms with van der Waals surface area (Å²) in [5, 5.41) is 5.80. The molecule has 1 aromatic carbocycles. The van der Waals surface area contributed by atoms with Gasteiger partial charge in [-0.15, -0.1) is 11.3 Å². The van der Waals surface area contributed by atoms with Crippen LogP contribution < -0.4 is 25.3 Å². The third-order valence-electron chi connectivity index (χ3n) is 3.87. The lowest BCUT2D eigenvalue weighted by molar-refractivity contribution is 0.0949. The first-order chi connectivity index (χ1) is 14.0. The van der Waals surface area contributed by atoms with Crippen molar-refractivity contribution in [3.8, 4) is 27.8 Å². The summed E-state index contributed by atoms with van der Waals surface area (Å²) in [6.07, 6.45) is 1.39. The predicted octanol–water partition coefficient (Wildman–Crippen LogP) is 2.29. The van der Waals surface area contributed by atoms with E-state index in [1.807, 2.05) is 17.5 Å². The van der Waals surface area contributed by atoms with E-state index in [1.54, 1.807) is 12.1 Å². The first kappa shape index (κ1) is 20.1. The molecule has 2 N–H and O–H groups in total. The average Bonchev–Trinajstić information content (AvgIpc) is 3.27. The molecular formula is C19H18N4O5S. The van der Waals surface area contributed by atoms with Gasteiger partial charge < -0.3 is 19.2 Å². The van der Waals surface area contributed by atoms with Crippen LogP contribution in [0.4, 0.5) is 0 Å². The largest absolute Gasteiger partial charge is 0.496 e. The van der Waals surface area contributed by atoms with Crippen molar-refractivity contribution in [1.29, 1.82) is 0 Å². The Morgan fingerprint density at radius 3 is 2.52 bits per heavy atom. The Hall–Kier alpha value is -3.66. The molecule has 150 valence electrons. The summed E-state index contributed by atoms with van der Waals surface area (Å²) in [7, 11) is 4.53. The van der Waals surface area contributed by atoms with Gasteiger partial charge in [-0.1, -0.05) is 6.07 Å². The molecule has 0 aliphatic carbocycles. The summed E-state index contributed by atoms with van der Waals surface area (Å²) in [5.74, 6) is 0.844. The van der Waals surface area contributed by atoms with Gasteiger partial charge >= 0.3 is 5.69 Å². The summed E-state index contributed by atoms with van der Waals surface area (Å²) in [4.78, 5) is 31.3. The SMILES string of the molecule is COc1cc(OC)c(OC)cc1/C=N/NC(=O)c1cc(-c2cccs2)[nH]c(=O)n1. The number of nitrogens with zero attached hydrogens (tertiary/aromatic N) is 2. The monoisotopic (exact) mass is 414 g/mol. The molecule has 0 aliphatic heterocycles. The van der Waals surface area contributed by atoms with E-state index in [1.165, 1.54) is 44.9 Å². The summed E-state index contributed by atoms with van der Waals surface area (Å²) >= 11 is 1.44. The van der Waals surface area contributed by atoms with Crippen LogP contribution >= 0.6 is 11.3 Å². The van der Waals surface area contributed by atoms with Crippen LogP contribution in [-0.2, 0) is 0 Å². The number of benzene rings is 1. The molecule has 0 saturated carbocycles. The minimum absolute atomic E-state index is 0.0476. The van der Waals surface area contributed by atoms with Crippen LogP contribution in [0.3, 0.4) is 0 Å². The van der Waals surface area contributed by atoms with Crippen molar-refractivity contribution >= 4 is 23.5 Å². The van der Waals surface area contributed by atoms with E-state index in [9.17, 15) is 9.59 Å². The number of carbonyl (C=O) groups excluding carboxylic acids is 1. The van der Waals surface area contributed by atoms with Gasteiger partial charge in [-0.2, -0.15) is 10.1 Å². The van der Waals surface area contributed by atoms with Crippen LogP contribution in [0, 0.1) is 0 Å². The van der Waals surface area contributed by atoms with Crippen LogP contribution in [0.25, 0.3) is 10.6 Å². The van der Waals surface area contributed by atoms with Crippen LogP contribution in [0.5, 0.6) is 17.2 Å². The van der Waals surface area contributed by atoms with E-state index < -0.39 is 11.6 Å². The number of hydrogen-bond donors (Lipinski definition) is 2. The zero-order valence-corrected chi connectivity index (χ0v) is 16.7. The number of hydrogen-bond acceptors (Lipinski definition) is 8. The van der Waals surface area contributed by atoms with Gasteiger partial charge in [0.05, 0.1) is 38.1 Å². The number of thiophene rings is 1. The Balaban J connectivity index is 1.81. The molecule has 0 spiro atoms. The Morgan fingerprint density at radius 2 is 1.86 bits per heavy atom. The van der Waals surface area contributed by atoms with Gasteiger partial charge in [-0.3, -0.25) is 4.79 Å². The topological polar surface area (TPSA) is 115 Å². The van der Waals surface area contributed by atoms with Gasteiger partial charge in [0, 0.05) is 11.6 Å². The Kier molecular flexibility index (Phi) is 6.25. The average molecular weight is 414 g/mol. The summed E-state index contributed by atoms with van der Waals surface area (Å²) in [5.41, 5.74) is 2.76. The fraction of sp³-hybridized carbons (Fsp3) is 0.158. The number of H-pyrrole nitrogens is 1. The second kappa shape index (κ2) is 9.02. The highest BCUT2D eigenvalue weighted by molar-refractivity contribution is 7.13. The first-order valence-corrected chi connectivity index (χ1v) is 9.22. The lowest BCUT2D eigenvalue weighted by Gasteiger charge is -2.11. The molecule has 0 aliphatic rings. The highest BCUT2D eigenvalue weighted by Crippen LogP contribution is 2.33. The normalized spacial score (nSPS) is 10.7. The molecule has 1 amide bonds. The van der Waals surface area contributed by atoms with Crippen molar-refractivity contribution in [3.05, 3.63) is 57.5 Å². The molecule has 2 aromatic heterocycles. The van der Waals surface area contributed by atoms with E-state index >= 15 is 0 Å². The van der Waals surface area contributed by atoms with Crippen molar-refractivity contribution in [2.24, 2.45) is 5.10 Å². The van der Waals surface area contributed by atoms with E-state index in [4.69, 9.17) is 14.2 Å². The van der Waals surface area contributed by atoms with E-state index in [0.29, 0.717) is 28.5 Å². The van der Waals surface area contributed by atoms with E-state index in [0.717, 1.165) is 4.88 Å². The lowest BCUT2D eigenvalue weighted by atomic mass is 10.2. The third-order valence-corrected chi connectivity index (χ3v) is 4.77. The number of methoxy groups -OCH3 is 3. The number of rotatable bonds is 7. The molecule has 0 unspecified atom stereocenters. The lowest BCUT2D eigenvalue weighted by Crippen LogP contribution is -2.24. The molecule has 3 rings (SSSR count). The Labute approximate surface area is 170 Å². The summed E-state index contributed by atoms with van der Waals surface area (Å²) in [6.45, 7) is 0. The maximum Gasteiger partial charge on any atom is 0.346 e. The van der Waals surface area contributed by atoms with Crippen molar-refractivity contribution in [2.75, 3.05) is 21.3 Å². The number of aromatic nitrogens is 2. The number of amides is 1. The maximum absolute atomic E-state index is 12.4. The van der Waals surface area contributed by atoms with Gasteiger partial charge in [0.25, 0.3) is 5.91 Å². The first-order valence-electron chi connectivity index (χ1n) is 8.34. The molecule has 9 nitrogen and oxygen atoms in total. The number of ether oxygens (including phenoxy) is 3. The fourth-order valence-corrected chi connectivity index (χ4v) is 3.21. The number of hydrazone groups is 1. The van der Waals surface area contributed by atoms with Gasteiger partial charge in [0.15, 0.2) is 11.5 Å². The van der Waals surface area contributed by atoms with Gasteiger partial charge in [-0.05, 0) is 23.6 Å². The maximum atomic E-state index is 12.4. The smallest absolute Gasteiger partial charge is 0.346 e. The molecule has 0 saturated heterocycles. The minimum Gasteiger partial charge on any atom is -0.496 e. The van der Waals surface area contributed by atoms with Crippen molar-refractivity contribution in [2.45, 2.75) is 0 Å². The van der Waals surface area contributed by atoms with Crippen LogP contribution in [0.1, 0.15) is 16.1 Å². The highest BCUT2D eigenvalue weighted by Gasteiger charge is 2.13. The second-order valence-electron chi connectivity index (χ2n) is 5.61. The van der Waals surface area contributed by atoms with Gasteiger partial charge in [0.2, 0.25) is 0 Å². The molecule has 0 atom stereocenters. The zero-order chi connectivity index (χ0) is 20.8. The predicted molar refractivity (Wildman–Crippen MR) is 109 cm³/mol. The third kappa shape index (κ3) is 4.61. The van der Waals surface area contributed by atoms with Gasteiger partial charge in [-0.25, -0.2) is 10.2 Å². The van der Waals surface area contributed by atoms with Crippen LogP contribution in [0.15, 0.2) is 45.6 Å². The van der Waals surface area contributed by atoms with Crippen molar-refractivity contribution < 1.29 is 19.0 Å². The molecular weight excluding hydrogens is 396 g/mol. The number of aromatic amines is 1. The molecule has 0 bridgehead atoms. The second-order valence-corrected chi connectivity index (χ2v) is 6.56. The molecule has 29 heavy (non-hydrogen) atoms. The Morgan fingerprint density at radius 1 is 1.14 bits per heavy atom. The molecule has 0 radical (unpaired) electrons. The summed E-state index contributed by atoms with van der Waals surface area (Å²) in [6, 6.07) is 8.48. The fourth-order valence-electron chi connectivity index (χ4n) is 2.51. The van der Waals surface area contributed by atoms with Crippen LogP contribution in [-0.4, -0.2) is 43.4 Å². The minimum atomic E-state index is -0.621. The molecule has 10 heteroatoms. The summed E-state index contributed by atoms with van der Waals surface area (Å²) < 4.78 is 15.8. The van der Waals surface area contributed by atoms with Crippen LogP contribution in [0.2, 0.25) is 0 Å². The van der Waals surface area contributed by atoms with Gasteiger partial charge in [0.1, 0.15) is 11.4 Å². The number of carbonyl (C=O) groups is 1. The highest BCUT2D eigenvalue weighted by atomic mass is 32.1. The molecule has 2 heterocycles. The molecule has 0 fully saturated rings. The number of nitrogens with one attached hydrogen (secondary N) is 2. The van der Waals surface area contributed by atoms with E-state index in [2.05, 4.69) is 20.5 Å². The zero-order valence-electron chi connectivity index (χ0n) is 15.9. The van der Waals surface area contributed by atoms with E-state index in [-0.39, 0.29) is 5.69 Å².